The molecule has 1 aliphatic rings. The Kier molecular flexibility index (Phi) is 4.94. The van der Waals surface area contributed by atoms with E-state index in [1.54, 1.807) is 19.2 Å². The first kappa shape index (κ1) is 16.0. The maximum absolute atomic E-state index is 13.0. The van der Waals surface area contributed by atoms with E-state index in [-0.39, 0.29) is 5.82 Å². The molecule has 23 heavy (non-hydrogen) atoms. The highest BCUT2D eigenvalue weighted by molar-refractivity contribution is 5.27. The Morgan fingerprint density at radius 3 is 2.35 bits per heavy atom. The number of halogens is 1. The van der Waals surface area contributed by atoms with E-state index in [4.69, 9.17) is 4.74 Å². The summed E-state index contributed by atoms with van der Waals surface area (Å²) in [6.07, 6.45) is 1.74. The Bertz CT molecular complexity index is 623. The molecule has 1 aliphatic carbocycles. The fourth-order valence-corrected chi connectivity index (χ4v) is 2.76. The van der Waals surface area contributed by atoms with E-state index < -0.39 is 6.10 Å². The highest BCUT2D eigenvalue weighted by atomic mass is 19.1. The van der Waals surface area contributed by atoms with Gasteiger partial charge >= 0.3 is 0 Å². The topological polar surface area (TPSA) is 32.7 Å². The Hall–Kier alpha value is -1.91. The lowest BCUT2D eigenvalue weighted by Crippen LogP contribution is -2.30. The molecule has 0 aliphatic heterocycles. The quantitative estimate of drug-likeness (QED) is 0.848. The minimum atomic E-state index is -0.602. The predicted molar refractivity (Wildman–Crippen MR) is 87.8 cm³/mol. The van der Waals surface area contributed by atoms with Crippen molar-refractivity contribution >= 4 is 0 Å². The lowest BCUT2D eigenvalue weighted by Gasteiger charge is -2.25. The molecular formula is C19H22FNO2. The Labute approximate surface area is 136 Å². The van der Waals surface area contributed by atoms with Crippen LogP contribution in [0.1, 0.15) is 30.1 Å². The van der Waals surface area contributed by atoms with Gasteiger partial charge in [-0.05, 0) is 48.2 Å². The molecule has 122 valence electrons. The van der Waals surface area contributed by atoms with Crippen LogP contribution in [0.2, 0.25) is 0 Å². The van der Waals surface area contributed by atoms with Crippen molar-refractivity contribution in [3.63, 3.8) is 0 Å². The number of hydrogen-bond acceptors (Lipinski definition) is 3. The first-order chi connectivity index (χ1) is 11.2. The molecule has 0 aromatic heterocycles. The predicted octanol–water partition coefficient (Wildman–Crippen LogP) is 3.53. The molecule has 1 N–H and O–H groups in total. The first-order valence-corrected chi connectivity index (χ1v) is 7.96. The highest BCUT2D eigenvalue weighted by Crippen LogP contribution is 2.30. The lowest BCUT2D eigenvalue weighted by atomic mass is 10.1. The van der Waals surface area contributed by atoms with Crippen LogP contribution in [0, 0.1) is 5.82 Å². The van der Waals surface area contributed by atoms with E-state index in [0.29, 0.717) is 12.6 Å². The number of benzene rings is 2. The monoisotopic (exact) mass is 315 g/mol. The number of rotatable bonds is 7. The van der Waals surface area contributed by atoms with E-state index in [0.717, 1.165) is 17.9 Å². The average Bonchev–Trinajstić information content (AvgIpc) is 3.40. The van der Waals surface area contributed by atoms with Crippen LogP contribution in [-0.4, -0.2) is 29.7 Å². The number of aliphatic hydroxyl groups is 1. The molecule has 1 atom stereocenters. The summed E-state index contributed by atoms with van der Waals surface area (Å²) in [7, 11) is 1.66. The molecule has 2 aromatic rings. The largest absolute Gasteiger partial charge is 0.497 e. The van der Waals surface area contributed by atoms with E-state index in [9.17, 15) is 9.50 Å². The number of nitrogens with zero attached hydrogens (tertiary/aromatic N) is 1. The summed E-state index contributed by atoms with van der Waals surface area (Å²) in [5, 5.41) is 10.4. The van der Waals surface area contributed by atoms with Crippen molar-refractivity contribution in [2.75, 3.05) is 13.7 Å². The van der Waals surface area contributed by atoms with Crippen molar-refractivity contribution in [3.05, 3.63) is 65.5 Å². The third-order valence-electron chi connectivity index (χ3n) is 4.27. The summed E-state index contributed by atoms with van der Waals surface area (Å²) in [5.74, 6) is 0.566. The average molecular weight is 315 g/mol. The lowest BCUT2D eigenvalue weighted by molar-refractivity contribution is 0.104. The SMILES string of the molecule is COc1ccc(CN(CC(O)c2ccc(F)cc2)C2CC2)cc1. The fourth-order valence-electron chi connectivity index (χ4n) is 2.76. The van der Waals surface area contributed by atoms with Crippen molar-refractivity contribution in [3.8, 4) is 5.75 Å². The molecule has 3 rings (SSSR count). The Morgan fingerprint density at radius 2 is 1.78 bits per heavy atom. The second-order valence-corrected chi connectivity index (χ2v) is 6.08. The molecule has 0 radical (unpaired) electrons. The van der Waals surface area contributed by atoms with Crippen molar-refractivity contribution in [1.82, 2.24) is 4.90 Å². The molecule has 0 amide bonds. The van der Waals surface area contributed by atoms with Gasteiger partial charge in [-0.2, -0.15) is 0 Å². The van der Waals surface area contributed by atoms with Gasteiger partial charge in [-0.3, -0.25) is 4.90 Å². The molecule has 1 fully saturated rings. The zero-order valence-corrected chi connectivity index (χ0v) is 13.3. The molecular weight excluding hydrogens is 293 g/mol. The van der Waals surface area contributed by atoms with Crippen LogP contribution in [-0.2, 0) is 6.54 Å². The van der Waals surface area contributed by atoms with Gasteiger partial charge < -0.3 is 9.84 Å². The van der Waals surface area contributed by atoms with Crippen molar-refractivity contribution in [1.29, 1.82) is 0 Å². The van der Waals surface area contributed by atoms with Crippen molar-refractivity contribution in [2.24, 2.45) is 0 Å². The second-order valence-electron chi connectivity index (χ2n) is 6.08. The molecule has 4 heteroatoms. The van der Waals surface area contributed by atoms with Crippen LogP contribution < -0.4 is 4.74 Å². The van der Waals surface area contributed by atoms with Gasteiger partial charge in [0, 0.05) is 19.1 Å². The fraction of sp³-hybridized carbons (Fsp3) is 0.368. The zero-order valence-electron chi connectivity index (χ0n) is 13.3. The van der Waals surface area contributed by atoms with Crippen LogP contribution in [0.5, 0.6) is 5.75 Å². The van der Waals surface area contributed by atoms with Gasteiger partial charge in [0.1, 0.15) is 11.6 Å². The maximum atomic E-state index is 13.0. The summed E-state index contributed by atoms with van der Waals surface area (Å²) in [5.41, 5.74) is 1.95. The van der Waals surface area contributed by atoms with Gasteiger partial charge in [-0.25, -0.2) is 4.39 Å². The summed E-state index contributed by atoms with van der Waals surface area (Å²) in [6.45, 7) is 1.36. The molecule has 0 heterocycles. The minimum Gasteiger partial charge on any atom is -0.497 e. The second kappa shape index (κ2) is 7.11. The van der Waals surface area contributed by atoms with Gasteiger partial charge in [-0.1, -0.05) is 24.3 Å². The van der Waals surface area contributed by atoms with Crippen LogP contribution in [0.4, 0.5) is 4.39 Å². The molecule has 0 saturated heterocycles. The van der Waals surface area contributed by atoms with Gasteiger partial charge in [0.2, 0.25) is 0 Å². The molecule has 1 unspecified atom stereocenters. The van der Waals surface area contributed by atoms with Crippen LogP contribution >= 0.6 is 0 Å². The zero-order chi connectivity index (χ0) is 16.2. The standard InChI is InChI=1S/C19H22FNO2/c1-23-18-10-2-14(3-11-18)12-21(17-8-9-17)13-19(22)15-4-6-16(20)7-5-15/h2-7,10-11,17,19,22H,8-9,12-13H2,1H3. The van der Waals surface area contributed by atoms with Gasteiger partial charge in [-0.15, -0.1) is 0 Å². The molecule has 3 nitrogen and oxygen atoms in total. The van der Waals surface area contributed by atoms with Crippen LogP contribution in [0.25, 0.3) is 0 Å². The third-order valence-corrected chi connectivity index (χ3v) is 4.27. The first-order valence-electron chi connectivity index (χ1n) is 7.96. The normalized spacial score (nSPS) is 15.7. The summed E-state index contributed by atoms with van der Waals surface area (Å²) >= 11 is 0. The van der Waals surface area contributed by atoms with Crippen LogP contribution in [0.3, 0.4) is 0 Å². The van der Waals surface area contributed by atoms with Gasteiger partial charge in [0.15, 0.2) is 0 Å². The number of hydrogen-bond donors (Lipinski definition) is 1. The molecule has 0 spiro atoms. The van der Waals surface area contributed by atoms with Crippen molar-refractivity contribution in [2.45, 2.75) is 31.5 Å². The molecule has 2 aromatic carbocycles. The number of methoxy groups -OCH3 is 1. The Balaban J connectivity index is 1.65. The molecule has 1 saturated carbocycles. The number of ether oxygens (including phenoxy) is 1. The van der Waals surface area contributed by atoms with E-state index in [1.165, 1.54) is 30.5 Å². The van der Waals surface area contributed by atoms with Gasteiger partial charge in [0.25, 0.3) is 0 Å². The van der Waals surface area contributed by atoms with Crippen molar-refractivity contribution < 1.29 is 14.2 Å². The van der Waals surface area contributed by atoms with E-state index in [2.05, 4.69) is 17.0 Å². The third kappa shape index (κ3) is 4.30. The summed E-state index contributed by atoms with van der Waals surface area (Å²) in [6, 6.07) is 14.6. The van der Waals surface area contributed by atoms with E-state index >= 15 is 0 Å². The smallest absolute Gasteiger partial charge is 0.123 e. The molecule has 0 bridgehead atoms. The highest BCUT2D eigenvalue weighted by Gasteiger charge is 2.30. The van der Waals surface area contributed by atoms with E-state index in [1.807, 2.05) is 12.1 Å². The Morgan fingerprint density at radius 1 is 1.13 bits per heavy atom. The summed E-state index contributed by atoms with van der Waals surface area (Å²) in [4.78, 5) is 2.30. The number of aliphatic hydroxyl groups excluding tert-OH is 1. The maximum Gasteiger partial charge on any atom is 0.123 e. The van der Waals surface area contributed by atoms with Gasteiger partial charge in [0.05, 0.1) is 13.2 Å². The van der Waals surface area contributed by atoms with Crippen LogP contribution in [0.15, 0.2) is 48.5 Å². The summed E-state index contributed by atoms with van der Waals surface area (Å²) < 4.78 is 18.2. The minimum absolute atomic E-state index is 0.279.